The third-order valence-corrected chi connectivity index (χ3v) is 3.62. The van der Waals surface area contributed by atoms with Crippen molar-refractivity contribution in [3.05, 3.63) is 0 Å². The third-order valence-electron chi connectivity index (χ3n) is 1.21. The van der Waals surface area contributed by atoms with E-state index in [1.165, 1.54) is 6.92 Å². The summed E-state index contributed by atoms with van der Waals surface area (Å²) in [5.74, 6) is 1.30. The van der Waals surface area contributed by atoms with E-state index in [1.807, 2.05) is 11.6 Å². The monoisotopic (exact) mass is 225 g/mol. The van der Waals surface area contributed by atoms with Gasteiger partial charge in [0.2, 0.25) is 15.9 Å². The molecule has 6 heteroatoms. The molecule has 0 aromatic heterocycles. The number of nitrogens with one attached hydrogen (secondary N) is 1. The SMILES string of the molecule is CCSCCCS(=O)(=O)NC(C)=O. The van der Waals surface area contributed by atoms with Crippen LogP contribution >= 0.6 is 11.8 Å². The van der Waals surface area contributed by atoms with E-state index in [2.05, 4.69) is 0 Å². The van der Waals surface area contributed by atoms with Crippen molar-refractivity contribution in [2.24, 2.45) is 0 Å². The number of thioether (sulfide) groups is 1. The minimum Gasteiger partial charge on any atom is -0.274 e. The van der Waals surface area contributed by atoms with Crippen LogP contribution in [0.4, 0.5) is 0 Å². The van der Waals surface area contributed by atoms with Crippen molar-refractivity contribution in [3.8, 4) is 0 Å². The summed E-state index contributed by atoms with van der Waals surface area (Å²) < 4.78 is 24.0. The van der Waals surface area contributed by atoms with E-state index in [0.717, 1.165) is 11.5 Å². The maximum Gasteiger partial charge on any atom is 0.234 e. The Morgan fingerprint density at radius 2 is 2.08 bits per heavy atom. The van der Waals surface area contributed by atoms with Crippen LogP contribution in [0, 0.1) is 0 Å². The average molecular weight is 225 g/mol. The maximum absolute atomic E-state index is 11.1. The first-order valence-electron chi connectivity index (χ1n) is 4.06. The molecule has 0 saturated heterocycles. The number of amides is 1. The molecule has 0 radical (unpaired) electrons. The Labute approximate surface area is 83.5 Å². The zero-order valence-electron chi connectivity index (χ0n) is 7.87. The van der Waals surface area contributed by atoms with Crippen molar-refractivity contribution < 1.29 is 13.2 Å². The van der Waals surface area contributed by atoms with Gasteiger partial charge in [0.25, 0.3) is 0 Å². The van der Waals surface area contributed by atoms with E-state index in [1.54, 1.807) is 11.8 Å². The summed E-state index contributed by atoms with van der Waals surface area (Å²) in [5, 5.41) is 0. The van der Waals surface area contributed by atoms with Gasteiger partial charge in [-0.1, -0.05) is 6.92 Å². The summed E-state index contributed by atoms with van der Waals surface area (Å²) in [6.45, 7) is 3.21. The van der Waals surface area contributed by atoms with Gasteiger partial charge in [-0.2, -0.15) is 11.8 Å². The van der Waals surface area contributed by atoms with Gasteiger partial charge >= 0.3 is 0 Å². The number of hydrogen-bond donors (Lipinski definition) is 1. The van der Waals surface area contributed by atoms with Gasteiger partial charge in [-0.05, 0) is 17.9 Å². The second kappa shape index (κ2) is 6.26. The van der Waals surface area contributed by atoms with Gasteiger partial charge in [-0.15, -0.1) is 0 Å². The van der Waals surface area contributed by atoms with Crippen LogP contribution in [-0.4, -0.2) is 31.6 Å². The fraction of sp³-hybridized carbons (Fsp3) is 0.857. The van der Waals surface area contributed by atoms with E-state index >= 15 is 0 Å². The van der Waals surface area contributed by atoms with Gasteiger partial charge in [-0.25, -0.2) is 8.42 Å². The molecule has 0 bridgehead atoms. The molecule has 4 nitrogen and oxygen atoms in total. The van der Waals surface area contributed by atoms with Gasteiger partial charge < -0.3 is 0 Å². The lowest BCUT2D eigenvalue weighted by atomic mass is 10.6. The van der Waals surface area contributed by atoms with E-state index in [9.17, 15) is 13.2 Å². The highest BCUT2D eigenvalue weighted by Gasteiger charge is 2.10. The summed E-state index contributed by atoms with van der Waals surface area (Å²) >= 11 is 1.69. The van der Waals surface area contributed by atoms with Gasteiger partial charge in [0.15, 0.2) is 0 Å². The summed E-state index contributed by atoms with van der Waals surface area (Å²) in [4.78, 5) is 10.5. The first-order valence-corrected chi connectivity index (χ1v) is 6.87. The Balaban J connectivity index is 3.71. The minimum atomic E-state index is -3.37. The van der Waals surface area contributed by atoms with Crippen LogP contribution in [0.2, 0.25) is 0 Å². The fourth-order valence-electron chi connectivity index (χ4n) is 0.765. The van der Waals surface area contributed by atoms with Gasteiger partial charge in [0, 0.05) is 6.92 Å². The molecule has 0 saturated carbocycles. The van der Waals surface area contributed by atoms with Crippen LogP contribution in [-0.2, 0) is 14.8 Å². The molecule has 0 aromatic rings. The lowest BCUT2D eigenvalue weighted by Gasteiger charge is -2.03. The third kappa shape index (κ3) is 8.11. The van der Waals surface area contributed by atoms with Crippen molar-refractivity contribution in [1.82, 2.24) is 4.72 Å². The molecule has 0 aliphatic heterocycles. The first kappa shape index (κ1) is 12.8. The standard InChI is InChI=1S/C7H15NO3S2/c1-3-12-5-4-6-13(10,11)8-7(2)9/h3-6H2,1-2H3,(H,8,9). The van der Waals surface area contributed by atoms with E-state index in [-0.39, 0.29) is 5.75 Å². The Morgan fingerprint density at radius 3 is 2.54 bits per heavy atom. The van der Waals surface area contributed by atoms with Crippen LogP contribution in [0.3, 0.4) is 0 Å². The Bertz CT molecular complexity index is 248. The maximum atomic E-state index is 11.1. The van der Waals surface area contributed by atoms with Crippen LogP contribution in [0.25, 0.3) is 0 Å². The van der Waals surface area contributed by atoms with E-state index in [0.29, 0.717) is 6.42 Å². The number of hydrogen-bond acceptors (Lipinski definition) is 4. The van der Waals surface area contributed by atoms with Crippen LogP contribution in [0.1, 0.15) is 20.3 Å². The Hall–Kier alpha value is -0.230. The van der Waals surface area contributed by atoms with Crippen molar-refractivity contribution >= 4 is 27.7 Å². The average Bonchev–Trinajstić information content (AvgIpc) is 1.95. The molecule has 0 fully saturated rings. The largest absolute Gasteiger partial charge is 0.274 e. The smallest absolute Gasteiger partial charge is 0.234 e. The quantitative estimate of drug-likeness (QED) is 0.672. The van der Waals surface area contributed by atoms with Crippen molar-refractivity contribution in [3.63, 3.8) is 0 Å². The molecule has 0 spiro atoms. The molecule has 0 heterocycles. The molecule has 1 N–H and O–H groups in total. The number of sulfonamides is 1. The molecule has 0 unspecified atom stereocenters. The predicted octanol–water partition coefficient (Wildman–Crippen LogP) is 0.595. The molecule has 1 amide bonds. The fourth-order valence-corrected chi connectivity index (χ4v) is 2.65. The summed E-state index contributed by atoms with van der Waals surface area (Å²) in [6.07, 6.45) is 0.584. The van der Waals surface area contributed by atoms with Crippen LogP contribution < -0.4 is 4.72 Å². The molecule has 0 aliphatic rings. The zero-order valence-corrected chi connectivity index (χ0v) is 9.50. The molecule has 13 heavy (non-hydrogen) atoms. The first-order chi connectivity index (χ1) is 5.98. The lowest BCUT2D eigenvalue weighted by Crippen LogP contribution is -2.30. The van der Waals surface area contributed by atoms with Crippen LogP contribution in [0.15, 0.2) is 0 Å². The van der Waals surface area contributed by atoms with Gasteiger partial charge in [0.05, 0.1) is 5.75 Å². The molecular weight excluding hydrogens is 210 g/mol. The predicted molar refractivity (Wildman–Crippen MR) is 55.2 cm³/mol. The van der Waals surface area contributed by atoms with Crippen molar-refractivity contribution in [2.75, 3.05) is 17.3 Å². The highest BCUT2D eigenvalue weighted by atomic mass is 32.2. The highest BCUT2D eigenvalue weighted by molar-refractivity contribution is 7.99. The van der Waals surface area contributed by atoms with E-state index in [4.69, 9.17) is 0 Å². The van der Waals surface area contributed by atoms with Gasteiger partial charge in [-0.3, -0.25) is 9.52 Å². The second-order valence-electron chi connectivity index (χ2n) is 2.53. The zero-order chi connectivity index (χ0) is 10.3. The number of carbonyl (C=O) groups excluding carboxylic acids is 1. The molecule has 0 rings (SSSR count). The Kier molecular flexibility index (Phi) is 6.15. The summed E-state index contributed by atoms with van der Waals surface area (Å²) in [6, 6.07) is 0. The van der Waals surface area contributed by atoms with Crippen molar-refractivity contribution in [1.29, 1.82) is 0 Å². The summed E-state index contributed by atoms with van der Waals surface area (Å²) in [7, 11) is -3.37. The molecule has 0 atom stereocenters. The van der Waals surface area contributed by atoms with Gasteiger partial charge in [0.1, 0.15) is 0 Å². The Morgan fingerprint density at radius 1 is 1.46 bits per heavy atom. The molecule has 78 valence electrons. The minimum absolute atomic E-state index is 0.0274. The van der Waals surface area contributed by atoms with Crippen molar-refractivity contribution in [2.45, 2.75) is 20.3 Å². The highest BCUT2D eigenvalue weighted by Crippen LogP contribution is 2.02. The van der Waals surface area contributed by atoms with E-state index < -0.39 is 15.9 Å². The molecule has 0 aliphatic carbocycles. The summed E-state index contributed by atoms with van der Waals surface area (Å²) in [5.41, 5.74) is 0. The molecule has 0 aromatic carbocycles. The second-order valence-corrected chi connectivity index (χ2v) is 5.76. The number of rotatable bonds is 6. The number of carbonyl (C=O) groups is 1. The lowest BCUT2D eigenvalue weighted by molar-refractivity contribution is -0.117. The topological polar surface area (TPSA) is 63.2 Å². The normalized spacial score (nSPS) is 11.2. The van der Waals surface area contributed by atoms with Crippen LogP contribution in [0.5, 0.6) is 0 Å². The molecular formula is C7H15NO3S2.